The summed E-state index contributed by atoms with van der Waals surface area (Å²) < 4.78 is 0. The molecule has 0 unspecified atom stereocenters. The highest BCUT2D eigenvalue weighted by Gasteiger charge is 2.51. The number of carbonyl (C=O) groups excluding carboxylic acids is 1. The fraction of sp³-hybridized carbons (Fsp3) is 0.346. The Kier molecular flexibility index (Phi) is 10.6. The second-order valence-electron chi connectivity index (χ2n) is 6.38. The zero-order valence-corrected chi connectivity index (χ0v) is 18.0. The third-order valence-corrected chi connectivity index (χ3v) is 4.50. The van der Waals surface area contributed by atoms with Crippen molar-refractivity contribution in [2.45, 2.75) is 59.3 Å². The SMILES string of the molecule is CC.CC.Cc1ccccc1.O=C(NC1=CC=CC1)C1(c2ccccc2)CC1. The van der Waals surface area contributed by atoms with Gasteiger partial charge in [-0.1, -0.05) is 106 Å². The van der Waals surface area contributed by atoms with Gasteiger partial charge in [0.1, 0.15) is 0 Å². The third-order valence-electron chi connectivity index (χ3n) is 4.50. The lowest BCUT2D eigenvalue weighted by molar-refractivity contribution is -0.122. The standard InChI is InChI=1S/C15H15NO.C7H8.2C2H6/c17-14(16-13-8-4-5-9-13)15(10-11-15)12-6-2-1-3-7-12;1-7-5-3-2-4-6-7;2*1-2/h1-8H,9-11H2,(H,16,17);2-6H,1H3;2*1-2H3. The Balaban J connectivity index is 0.000000299. The molecule has 0 aliphatic heterocycles. The molecule has 28 heavy (non-hydrogen) atoms. The van der Waals surface area contributed by atoms with E-state index in [1.165, 1.54) is 5.56 Å². The molecule has 0 spiro atoms. The molecule has 1 fully saturated rings. The monoisotopic (exact) mass is 377 g/mol. The number of benzene rings is 2. The number of aryl methyl sites for hydroxylation is 1. The van der Waals surface area contributed by atoms with Crippen LogP contribution in [0.5, 0.6) is 0 Å². The van der Waals surface area contributed by atoms with Crippen LogP contribution < -0.4 is 5.32 Å². The van der Waals surface area contributed by atoms with E-state index in [9.17, 15) is 4.79 Å². The van der Waals surface area contributed by atoms with Crippen molar-refractivity contribution in [2.75, 3.05) is 0 Å². The number of rotatable bonds is 3. The lowest BCUT2D eigenvalue weighted by Gasteiger charge is -2.16. The first-order valence-electron chi connectivity index (χ1n) is 10.4. The molecule has 2 aromatic rings. The third kappa shape index (κ3) is 6.84. The molecule has 2 nitrogen and oxygen atoms in total. The van der Waals surface area contributed by atoms with Crippen LogP contribution in [0.4, 0.5) is 0 Å². The fourth-order valence-corrected chi connectivity index (χ4v) is 2.87. The predicted octanol–water partition coefficient (Wildman–Crippen LogP) is 6.73. The number of allylic oxidation sites excluding steroid dienone is 3. The first kappa shape index (κ1) is 23.4. The van der Waals surface area contributed by atoms with E-state index in [0.29, 0.717) is 0 Å². The fourth-order valence-electron chi connectivity index (χ4n) is 2.87. The Morgan fingerprint density at radius 2 is 1.39 bits per heavy atom. The molecule has 1 saturated carbocycles. The first-order chi connectivity index (χ1) is 13.7. The van der Waals surface area contributed by atoms with Gasteiger partial charge in [0.15, 0.2) is 0 Å². The van der Waals surface area contributed by atoms with Gasteiger partial charge >= 0.3 is 0 Å². The van der Waals surface area contributed by atoms with Gasteiger partial charge in [-0.25, -0.2) is 0 Å². The summed E-state index contributed by atoms with van der Waals surface area (Å²) in [5.74, 6) is 0.152. The molecule has 0 radical (unpaired) electrons. The molecule has 150 valence electrons. The quantitative estimate of drug-likeness (QED) is 0.631. The summed E-state index contributed by atoms with van der Waals surface area (Å²) in [4.78, 5) is 12.3. The highest BCUT2D eigenvalue weighted by molar-refractivity contribution is 5.92. The predicted molar refractivity (Wildman–Crippen MR) is 121 cm³/mol. The Morgan fingerprint density at radius 1 is 0.857 bits per heavy atom. The van der Waals surface area contributed by atoms with Crippen LogP contribution in [0.2, 0.25) is 0 Å². The van der Waals surface area contributed by atoms with Gasteiger partial charge in [-0.05, 0) is 31.4 Å². The van der Waals surface area contributed by atoms with Crippen molar-refractivity contribution in [2.24, 2.45) is 0 Å². The molecule has 0 aromatic heterocycles. The largest absolute Gasteiger partial charge is 0.329 e. The molecule has 0 bridgehead atoms. The van der Waals surface area contributed by atoms with Crippen molar-refractivity contribution in [3.63, 3.8) is 0 Å². The van der Waals surface area contributed by atoms with Crippen LogP contribution >= 0.6 is 0 Å². The minimum atomic E-state index is -0.259. The average Bonchev–Trinajstić information content (AvgIpc) is 3.43. The first-order valence-corrected chi connectivity index (χ1v) is 10.4. The molecule has 1 N–H and O–H groups in total. The molecular weight excluding hydrogens is 342 g/mol. The summed E-state index contributed by atoms with van der Waals surface area (Å²) in [5.41, 5.74) is 3.22. The topological polar surface area (TPSA) is 29.1 Å². The summed E-state index contributed by atoms with van der Waals surface area (Å²) in [6, 6.07) is 20.3. The summed E-state index contributed by atoms with van der Waals surface area (Å²) in [5, 5.41) is 3.04. The van der Waals surface area contributed by atoms with Crippen LogP contribution in [-0.2, 0) is 10.2 Å². The molecule has 1 amide bonds. The summed E-state index contributed by atoms with van der Waals surface area (Å²) in [6.45, 7) is 10.1. The van der Waals surface area contributed by atoms with Crippen LogP contribution in [0.3, 0.4) is 0 Å². The van der Waals surface area contributed by atoms with Gasteiger partial charge < -0.3 is 5.32 Å². The van der Waals surface area contributed by atoms with E-state index in [1.807, 2.05) is 88.4 Å². The van der Waals surface area contributed by atoms with Gasteiger partial charge in [0.25, 0.3) is 0 Å². The number of amides is 1. The van der Waals surface area contributed by atoms with E-state index >= 15 is 0 Å². The molecule has 2 aliphatic rings. The summed E-state index contributed by atoms with van der Waals surface area (Å²) in [6.07, 6.45) is 8.78. The van der Waals surface area contributed by atoms with Crippen LogP contribution in [-0.4, -0.2) is 5.91 Å². The summed E-state index contributed by atoms with van der Waals surface area (Å²) in [7, 11) is 0. The minimum Gasteiger partial charge on any atom is -0.329 e. The lowest BCUT2D eigenvalue weighted by atomic mass is 9.95. The molecule has 2 aliphatic carbocycles. The van der Waals surface area contributed by atoms with Gasteiger partial charge in [-0.2, -0.15) is 0 Å². The van der Waals surface area contributed by atoms with Crippen molar-refractivity contribution >= 4 is 5.91 Å². The zero-order chi connectivity index (χ0) is 20.8. The summed E-state index contributed by atoms with van der Waals surface area (Å²) >= 11 is 0. The van der Waals surface area contributed by atoms with Crippen molar-refractivity contribution < 1.29 is 4.79 Å². The molecule has 0 atom stereocenters. The molecule has 4 rings (SSSR count). The Bertz CT molecular complexity index is 741. The van der Waals surface area contributed by atoms with Gasteiger partial charge in [0, 0.05) is 12.1 Å². The van der Waals surface area contributed by atoms with Crippen molar-refractivity contribution in [1.82, 2.24) is 5.32 Å². The number of hydrogen-bond acceptors (Lipinski definition) is 1. The molecule has 0 heterocycles. The van der Waals surface area contributed by atoms with Crippen LogP contribution in [0.15, 0.2) is 84.6 Å². The van der Waals surface area contributed by atoms with Gasteiger partial charge in [-0.15, -0.1) is 0 Å². The van der Waals surface area contributed by atoms with Crippen molar-refractivity contribution in [3.05, 3.63) is 95.7 Å². The van der Waals surface area contributed by atoms with Crippen molar-refractivity contribution in [1.29, 1.82) is 0 Å². The van der Waals surface area contributed by atoms with E-state index in [0.717, 1.165) is 30.5 Å². The number of carbonyl (C=O) groups is 1. The molecular formula is C26H35NO. The maximum Gasteiger partial charge on any atom is 0.234 e. The zero-order valence-electron chi connectivity index (χ0n) is 18.0. The Morgan fingerprint density at radius 3 is 1.79 bits per heavy atom. The van der Waals surface area contributed by atoms with Gasteiger partial charge in [0.05, 0.1) is 5.41 Å². The van der Waals surface area contributed by atoms with Crippen LogP contribution in [0, 0.1) is 6.92 Å². The van der Waals surface area contributed by atoms with Gasteiger partial charge in [-0.3, -0.25) is 4.79 Å². The Labute approximate surface area is 171 Å². The van der Waals surface area contributed by atoms with Gasteiger partial charge in [0.2, 0.25) is 5.91 Å². The highest BCUT2D eigenvalue weighted by Crippen LogP contribution is 2.48. The maximum absolute atomic E-state index is 12.3. The van der Waals surface area contributed by atoms with E-state index < -0.39 is 0 Å². The number of hydrogen-bond donors (Lipinski definition) is 1. The molecule has 2 heteroatoms. The number of nitrogens with one attached hydrogen (secondary N) is 1. The van der Waals surface area contributed by atoms with Crippen LogP contribution in [0.25, 0.3) is 0 Å². The average molecular weight is 378 g/mol. The lowest BCUT2D eigenvalue weighted by Crippen LogP contribution is -2.33. The highest BCUT2D eigenvalue weighted by atomic mass is 16.2. The minimum absolute atomic E-state index is 0.152. The Hall–Kier alpha value is -2.61. The van der Waals surface area contributed by atoms with E-state index in [1.54, 1.807) is 0 Å². The molecule has 2 aromatic carbocycles. The van der Waals surface area contributed by atoms with E-state index in [-0.39, 0.29) is 11.3 Å². The van der Waals surface area contributed by atoms with E-state index in [4.69, 9.17) is 0 Å². The molecule has 0 saturated heterocycles. The van der Waals surface area contributed by atoms with E-state index in [2.05, 4.69) is 30.4 Å². The smallest absolute Gasteiger partial charge is 0.234 e. The normalized spacial score (nSPS) is 14.7. The maximum atomic E-state index is 12.3. The second-order valence-corrected chi connectivity index (χ2v) is 6.38. The van der Waals surface area contributed by atoms with Crippen LogP contribution in [0.1, 0.15) is 58.1 Å². The second kappa shape index (κ2) is 12.7. The van der Waals surface area contributed by atoms with Crippen molar-refractivity contribution in [3.8, 4) is 0 Å².